The highest BCUT2D eigenvalue weighted by Crippen LogP contribution is 2.16. The van der Waals surface area contributed by atoms with Gasteiger partial charge in [-0.25, -0.2) is 0 Å². The molecule has 0 spiro atoms. The molecule has 0 saturated carbocycles. The number of hydrogen-bond acceptors (Lipinski definition) is 2. The van der Waals surface area contributed by atoms with Crippen molar-refractivity contribution in [2.45, 2.75) is 11.8 Å². The summed E-state index contributed by atoms with van der Waals surface area (Å²) in [6, 6.07) is 6.71. The molecule has 0 saturated heterocycles. The molecule has 0 heterocycles. The van der Waals surface area contributed by atoms with Gasteiger partial charge in [-0.15, -0.1) is 4.66 Å². The second-order valence-corrected chi connectivity index (χ2v) is 5.31. The van der Waals surface area contributed by atoms with E-state index in [4.69, 9.17) is 0 Å². The molecular formula is C8H8BrO2S-. The van der Waals surface area contributed by atoms with E-state index >= 15 is 0 Å². The minimum Gasteiger partial charge on any atom is -0.303 e. The fraction of sp³-hybridized carbons (Fsp3) is 0.125. The largest absolute Gasteiger partial charge is 0.303 e. The van der Waals surface area contributed by atoms with Crippen LogP contribution in [0.1, 0.15) is 5.56 Å². The first-order chi connectivity index (χ1) is 5.56. The summed E-state index contributed by atoms with van der Waals surface area (Å²) in [4.78, 5) is 0.310. The SMILES string of the molecule is Cc1ccc(S(=O)(=O)[CH-]Br)cc1. The van der Waals surface area contributed by atoms with Crippen LogP contribution in [0.2, 0.25) is 0 Å². The van der Waals surface area contributed by atoms with Gasteiger partial charge in [0.05, 0.1) is 9.84 Å². The van der Waals surface area contributed by atoms with E-state index in [0.29, 0.717) is 4.90 Å². The third-order valence-electron chi connectivity index (χ3n) is 1.47. The fourth-order valence-corrected chi connectivity index (χ4v) is 2.05. The molecule has 0 aliphatic rings. The lowest BCUT2D eigenvalue weighted by atomic mass is 10.2. The van der Waals surface area contributed by atoms with E-state index in [2.05, 4.69) is 15.9 Å². The molecule has 2 nitrogen and oxygen atoms in total. The molecule has 0 atom stereocenters. The highest BCUT2D eigenvalue weighted by Gasteiger charge is 2.01. The zero-order valence-electron chi connectivity index (χ0n) is 6.49. The molecular weight excluding hydrogens is 240 g/mol. The zero-order valence-corrected chi connectivity index (χ0v) is 8.89. The Bertz CT molecular complexity index is 353. The van der Waals surface area contributed by atoms with Gasteiger partial charge in [0.2, 0.25) is 0 Å². The van der Waals surface area contributed by atoms with Gasteiger partial charge < -0.3 is 15.9 Å². The van der Waals surface area contributed by atoms with Crippen LogP contribution in [0.4, 0.5) is 0 Å². The van der Waals surface area contributed by atoms with Crippen molar-refractivity contribution in [3.63, 3.8) is 0 Å². The Morgan fingerprint density at radius 3 is 2.17 bits per heavy atom. The van der Waals surface area contributed by atoms with Gasteiger partial charge in [-0.05, 0) is 19.1 Å². The number of hydrogen-bond donors (Lipinski definition) is 0. The maximum atomic E-state index is 11.2. The third-order valence-corrected chi connectivity index (χ3v) is 4.11. The van der Waals surface area contributed by atoms with Crippen LogP contribution in [0.5, 0.6) is 0 Å². The minimum absolute atomic E-state index is 0.310. The topological polar surface area (TPSA) is 34.1 Å². The van der Waals surface area contributed by atoms with Crippen molar-refractivity contribution in [3.8, 4) is 0 Å². The molecule has 0 aromatic heterocycles. The van der Waals surface area contributed by atoms with Crippen LogP contribution in [-0.2, 0) is 9.84 Å². The van der Waals surface area contributed by atoms with Crippen LogP contribution in [0.3, 0.4) is 0 Å². The Kier molecular flexibility index (Phi) is 2.90. The molecule has 1 rings (SSSR count). The molecule has 0 radical (unpaired) electrons. The van der Waals surface area contributed by atoms with Crippen LogP contribution in [0, 0.1) is 11.6 Å². The highest BCUT2D eigenvalue weighted by molar-refractivity contribution is 9.12. The Balaban J connectivity index is 3.14. The number of rotatable bonds is 2. The Hall–Kier alpha value is -0.350. The Morgan fingerprint density at radius 2 is 1.75 bits per heavy atom. The third kappa shape index (κ3) is 2.08. The molecule has 0 bridgehead atoms. The summed E-state index contributed by atoms with van der Waals surface area (Å²) in [6.07, 6.45) is 0. The highest BCUT2D eigenvalue weighted by atomic mass is 79.9. The van der Waals surface area contributed by atoms with Gasteiger partial charge in [0.1, 0.15) is 0 Å². The zero-order chi connectivity index (χ0) is 9.19. The molecule has 66 valence electrons. The van der Waals surface area contributed by atoms with Gasteiger partial charge in [0.15, 0.2) is 0 Å². The Morgan fingerprint density at radius 1 is 1.25 bits per heavy atom. The van der Waals surface area contributed by atoms with Crippen molar-refractivity contribution in [1.82, 2.24) is 0 Å². The smallest absolute Gasteiger partial charge is 0.0615 e. The van der Waals surface area contributed by atoms with Gasteiger partial charge in [0, 0.05) is 4.90 Å². The molecule has 0 unspecified atom stereocenters. The van der Waals surface area contributed by atoms with Crippen molar-refractivity contribution in [3.05, 3.63) is 34.5 Å². The van der Waals surface area contributed by atoms with Gasteiger partial charge >= 0.3 is 0 Å². The molecule has 0 aliphatic carbocycles. The fourth-order valence-electron chi connectivity index (χ4n) is 0.779. The van der Waals surface area contributed by atoms with E-state index in [0.717, 1.165) is 10.2 Å². The lowest BCUT2D eigenvalue weighted by Crippen LogP contribution is -1.96. The molecule has 1 aromatic rings. The van der Waals surface area contributed by atoms with Crippen LogP contribution in [0.25, 0.3) is 0 Å². The van der Waals surface area contributed by atoms with E-state index in [1.54, 1.807) is 24.3 Å². The first-order valence-electron chi connectivity index (χ1n) is 3.31. The summed E-state index contributed by atoms with van der Waals surface area (Å²) >= 11 is 2.81. The molecule has 0 aliphatic heterocycles. The van der Waals surface area contributed by atoms with Crippen molar-refractivity contribution in [2.75, 3.05) is 0 Å². The average molecular weight is 248 g/mol. The molecule has 4 heteroatoms. The molecule has 0 N–H and O–H groups in total. The van der Waals surface area contributed by atoms with Crippen LogP contribution in [0.15, 0.2) is 29.2 Å². The normalized spacial score (nSPS) is 11.5. The maximum Gasteiger partial charge on any atom is 0.0615 e. The molecule has 1 aromatic carbocycles. The quantitative estimate of drug-likeness (QED) is 0.752. The predicted molar refractivity (Wildman–Crippen MR) is 51.6 cm³/mol. The van der Waals surface area contributed by atoms with Gasteiger partial charge in [-0.1, -0.05) is 17.7 Å². The summed E-state index contributed by atoms with van der Waals surface area (Å²) < 4.78 is 23.4. The molecule has 12 heavy (non-hydrogen) atoms. The average Bonchev–Trinajstić information content (AvgIpc) is 2.05. The van der Waals surface area contributed by atoms with Crippen molar-refractivity contribution in [1.29, 1.82) is 0 Å². The first kappa shape index (κ1) is 9.74. The number of sulfone groups is 1. The standard InChI is InChI=1S/C8H8BrO2S/c1-7-2-4-8(5-3-7)12(10,11)6-9/h2-6H,1H3/q-1. The first-order valence-corrected chi connectivity index (χ1v) is 5.77. The van der Waals surface area contributed by atoms with E-state index in [1.165, 1.54) is 0 Å². The second kappa shape index (κ2) is 3.58. The lowest BCUT2D eigenvalue weighted by Gasteiger charge is -2.07. The second-order valence-electron chi connectivity index (χ2n) is 2.45. The predicted octanol–water partition coefficient (Wildman–Crippen LogP) is 2.28. The van der Waals surface area contributed by atoms with Gasteiger partial charge in [-0.3, -0.25) is 8.42 Å². The minimum atomic E-state index is -3.22. The van der Waals surface area contributed by atoms with Gasteiger partial charge in [-0.2, -0.15) is 0 Å². The summed E-state index contributed by atoms with van der Waals surface area (Å²) in [7, 11) is -3.22. The van der Waals surface area contributed by atoms with Crippen molar-refractivity contribution < 1.29 is 8.42 Å². The van der Waals surface area contributed by atoms with Crippen molar-refractivity contribution in [2.24, 2.45) is 0 Å². The van der Waals surface area contributed by atoms with E-state index < -0.39 is 9.84 Å². The van der Waals surface area contributed by atoms with E-state index in [-0.39, 0.29) is 0 Å². The number of halogens is 1. The van der Waals surface area contributed by atoms with Crippen molar-refractivity contribution >= 4 is 25.8 Å². The van der Waals surface area contributed by atoms with Crippen LogP contribution in [-0.4, -0.2) is 8.42 Å². The summed E-state index contributed by atoms with van der Waals surface area (Å²) in [5, 5.41) is 0. The summed E-state index contributed by atoms with van der Waals surface area (Å²) in [5.74, 6) is 0. The van der Waals surface area contributed by atoms with E-state index in [1.807, 2.05) is 6.92 Å². The maximum absolute atomic E-state index is 11.2. The van der Waals surface area contributed by atoms with Crippen LogP contribution >= 0.6 is 15.9 Å². The Labute approximate surface area is 80.7 Å². The molecule has 0 amide bonds. The van der Waals surface area contributed by atoms with Gasteiger partial charge in [0.25, 0.3) is 0 Å². The van der Waals surface area contributed by atoms with Crippen LogP contribution < -0.4 is 0 Å². The monoisotopic (exact) mass is 247 g/mol. The summed E-state index contributed by atoms with van der Waals surface area (Å²) in [5.41, 5.74) is 1.04. The number of aryl methyl sites for hydroxylation is 1. The lowest BCUT2D eigenvalue weighted by molar-refractivity contribution is 0.604. The van der Waals surface area contributed by atoms with E-state index in [9.17, 15) is 8.42 Å². The molecule has 0 fully saturated rings. The summed E-state index contributed by atoms with van der Waals surface area (Å²) in [6.45, 7) is 1.91. The number of benzene rings is 1.